The third-order valence-corrected chi connectivity index (χ3v) is 8.22. The first-order valence-corrected chi connectivity index (χ1v) is 14.1. The van der Waals surface area contributed by atoms with Crippen LogP contribution in [0.4, 0.5) is 5.69 Å². The Labute approximate surface area is 227 Å². The van der Waals surface area contributed by atoms with E-state index >= 15 is 0 Å². The number of amides is 2. The van der Waals surface area contributed by atoms with Crippen LogP contribution in [0, 0.1) is 6.92 Å². The number of anilines is 1. The van der Waals surface area contributed by atoms with Crippen molar-refractivity contribution in [1.82, 2.24) is 10.3 Å². The highest BCUT2D eigenvalue weighted by molar-refractivity contribution is 7.94. The maximum Gasteiger partial charge on any atom is 0.291 e. The molecule has 0 aliphatic rings. The van der Waals surface area contributed by atoms with Gasteiger partial charge in [0.2, 0.25) is 0 Å². The summed E-state index contributed by atoms with van der Waals surface area (Å²) in [4.78, 5) is 30.5. The quantitative estimate of drug-likeness (QED) is 0.235. The van der Waals surface area contributed by atoms with Gasteiger partial charge in [-0.3, -0.25) is 14.6 Å². The van der Waals surface area contributed by atoms with Crippen molar-refractivity contribution in [3.05, 3.63) is 102 Å². The SMILES string of the molecule is Cc1ccoc1C(=O)Nc1cccc(-c2cncc(C(=O)N=[S@](=O)(CCCNCCO)c3ccccc3)c2)c1. The number of rotatable bonds is 11. The van der Waals surface area contributed by atoms with Crippen molar-refractivity contribution < 1.29 is 23.3 Å². The molecule has 1 atom stereocenters. The van der Waals surface area contributed by atoms with Crippen LogP contribution >= 0.6 is 0 Å². The standard InChI is InChI=1S/C29H30N4O5S/c1-21-11-15-38-27(21)29(36)32-25-8-5-7-22(18-25)23-17-24(20-31-19-23)28(35)33-39(37,16-6-12-30-13-14-34)26-9-3-2-4-10-26/h2-5,7-11,15,17-20,30,34H,6,12-14,16H2,1H3,(H,32,36)/t39-/m0/s1. The lowest BCUT2D eigenvalue weighted by atomic mass is 10.1. The van der Waals surface area contributed by atoms with Crippen LogP contribution in [0.2, 0.25) is 0 Å². The molecule has 0 saturated heterocycles. The highest BCUT2D eigenvalue weighted by Gasteiger charge is 2.17. The number of hydrogen-bond donors (Lipinski definition) is 3. The van der Waals surface area contributed by atoms with E-state index in [0.29, 0.717) is 35.7 Å². The number of furan rings is 1. The lowest BCUT2D eigenvalue weighted by molar-refractivity contribution is 0.0991. The molecule has 0 unspecified atom stereocenters. The summed E-state index contributed by atoms with van der Waals surface area (Å²) in [5.41, 5.74) is 2.86. The Hall–Kier alpha value is -4.12. The Morgan fingerprint density at radius 1 is 1.00 bits per heavy atom. The number of hydrogen-bond acceptors (Lipinski definition) is 7. The minimum atomic E-state index is -3.04. The third kappa shape index (κ3) is 7.26. The number of aryl methyl sites for hydroxylation is 1. The molecule has 9 nitrogen and oxygen atoms in total. The van der Waals surface area contributed by atoms with E-state index in [-0.39, 0.29) is 29.6 Å². The Bertz CT molecular complexity index is 1560. The number of carbonyl (C=O) groups is 2. The van der Waals surface area contributed by atoms with Gasteiger partial charge in [0, 0.05) is 46.4 Å². The molecule has 0 bridgehead atoms. The zero-order valence-corrected chi connectivity index (χ0v) is 22.3. The molecule has 2 aromatic heterocycles. The van der Waals surface area contributed by atoms with E-state index in [0.717, 1.165) is 11.1 Å². The van der Waals surface area contributed by atoms with Gasteiger partial charge in [-0.05, 0) is 61.9 Å². The van der Waals surface area contributed by atoms with Crippen LogP contribution in [0.3, 0.4) is 0 Å². The molecule has 2 aromatic carbocycles. The van der Waals surface area contributed by atoms with Gasteiger partial charge in [0.05, 0.1) is 28.2 Å². The van der Waals surface area contributed by atoms with Crippen molar-refractivity contribution in [3.63, 3.8) is 0 Å². The number of benzene rings is 2. The molecule has 202 valence electrons. The van der Waals surface area contributed by atoms with Crippen LogP contribution < -0.4 is 10.6 Å². The first-order valence-electron chi connectivity index (χ1n) is 12.5. The van der Waals surface area contributed by atoms with Gasteiger partial charge in [-0.1, -0.05) is 30.3 Å². The molecule has 4 aromatic rings. The monoisotopic (exact) mass is 546 g/mol. The van der Waals surface area contributed by atoms with Gasteiger partial charge in [0.25, 0.3) is 11.8 Å². The summed E-state index contributed by atoms with van der Waals surface area (Å²) in [5, 5.41) is 14.8. The molecule has 39 heavy (non-hydrogen) atoms. The maximum absolute atomic E-state index is 13.9. The number of nitrogens with one attached hydrogen (secondary N) is 2. The number of pyridine rings is 1. The Morgan fingerprint density at radius 3 is 2.56 bits per heavy atom. The average molecular weight is 547 g/mol. The number of carbonyl (C=O) groups excluding carboxylic acids is 2. The highest BCUT2D eigenvalue weighted by Crippen LogP contribution is 2.25. The number of aromatic nitrogens is 1. The van der Waals surface area contributed by atoms with Gasteiger partial charge in [0.15, 0.2) is 5.76 Å². The summed E-state index contributed by atoms with van der Waals surface area (Å²) in [6.45, 7) is 2.78. The molecule has 3 N–H and O–H groups in total. The van der Waals surface area contributed by atoms with Gasteiger partial charge in [0.1, 0.15) is 0 Å². The van der Waals surface area contributed by atoms with Gasteiger partial charge in [-0.2, -0.15) is 4.36 Å². The molecule has 0 radical (unpaired) electrons. The fourth-order valence-electron chi connectivity index (χ4n) is 3.92. The molecule has 0 spiro atoms. The van der Waals surface area contributed by atoms with E-state index in [4.69, 9.17) is 9.52 Å². The van der Waals surface area contributed by atoms with E-state index in [2.05, 4.69) is 20.0 Å². The predicted octanol–water partition coefficient (Wildman–Crippen LogP) is 4.54. The van der Waals surface area contributed by atoms with Crippen molar-refractivity contribution in [2.75, 3.05) is 30.8 Å². The molecular formula is C29H30N4O5S. The Kier molecular flexibility index (Phi) is 9.37. The average Bonchev–Trinajstić information content (AvgIpc) is 3.39. The molecule has 4 rings (SSSR count). The molecule has 0 aliphatic heterocycles. The third-order valence-electron chi connectivity index (χ3n) is 5.91. The summed E-state index contributed by atoms with van der Waals surface area (Å²) in [7, 11) is -3.04. The highest BCUT2D eigenvalue weighted by atomic mass is 32.2. The zero-order chi connectivity index (χ0) is 27.7. The van der Waals surface area contributed by atoms with Crippen molar-refractivity contribution in [3.8, 4) is 11.1 Å². The van der Waals surface area contributed by atoms with E-state index in [1.165, 1.54) is 12.5 Å². The molecule has 10 heteroatoms. The number of aliphatic hydroxyl groups excluding tert-OH is 1. The van der Waals surface area contributed by atoms with Crippen LogP contribution in [0.25, 0.3) is 11.1 Å². The molecule has 2 heterocycles. The summed E-state index contributed by atoms with van der Waals surface area (Å²) in [6, 6.07) is 19.3. The van der Waals surface area contributed by atoms with Gasteiger partial charge in [-0.15, -0.1) is 0 Å². The Morgan fingerprint density at radius 2 is 1.82 bits per heavy atom. The molecule has 0 fully saturated rings. The Balaban J connectivity index is 1.57. The fourth-order valence-corrected chi connectivity index (χ4v) is 5.84. The summed E-state index contributed by atoms with van der Waals surface area (Å²) >= 11 is 0. The number of aliphatic hydroxyl groups is 1. The van der Waals surface area contributed by atoms with E-state index < -0.39 is 15.6 Å². The predicted molar refractivity (Wildman–Crippen MR) is 150 cm³/mol. The first kappa shape index (κ1) is 27.9. The van der Waals surface area contributed by atoms with Crippen LogP contribution in [-0.2, 0) is 9.73 Å². The summed E-state index contributed by atoms with van der Waals surface area (Å²) in [6.07, 6.45) is 4.98. The van der Waals surface area contributed by atoms with Crippen LogP contribution in [0.15, 0.2) is 99.1 Å². The summed E-state index contributed by atoms with van der Waals surface area (Å²) < 4.78 is 23.4. The normalized spacial score (nSPS) is 12.5. The van der Waals surface area contributed by atoms with Crippen LogP contribution in [0.5, 0.6) is 0 Å². The lowest BCUT2D eigenvalue weighted by Crippen LogP contribution is -2.22. The van der Waals surface area contributed by atoms with Crippen molar-refractivity contribution in [2.45, 2.75) is 18.2 Å². The second-order valence-electron chi connectivity index (χ2n) is 8.81. The van der Waals surface area contributed by atoms with Gasteiger partial charge < -0.3 is 20.2 Å². The second kappa shape index (κ2) is 13.1. The smallest absolute Gasteiger partial charge is 0.291 e. The van der Waals surface area contributed by atoms with Crippen molar-refractivity contribution in [2.24, 2.45) is 4.36 Å². The minimum Gasteiger partial charge on any atom is -0.459 e. The fraction of sp³-hybridized carbons (Fsp3) is 0.207. The first-order chi connectivity index (χ1) is 18.9. The topological polar surface area (TPSA) is 134 Å². The van der Waals surface area contributed by atoms with Crippen LogP contribution in [0.1, 0.15) is 32.9 Å². The zero-order valence-electron chi connectivity index (χ0n) is 21.5. The van der Waals surface area contributed by atoms with Crippen molar-refractivity contribution >= 4 is 27.2 Å². The van der Waals surface area contributed by atoms with Crippen molar-refractivity contribution in [1.29, 1.82) is 0 Å². The molecule has 2 amide bonds. The number of nitrogens with zero attached hydrogens (tertiary/aromatic N) is 2. The minimum absolute atomic E-state index is 0.0131. The van der Waals surface area contributed by atoms with Gasteiger partial charge >= 0.3 is 0 Å². The van der Waals surface area contributed by atoms with E-state index in [1.807, 2.05) is 12.1 Å². The maximum atomic E-state index is 13.9. The molecule has 0 aliphatic carbocycles. The van der Waals surface area contributed by atoms with E-state index in [1.54, 1.807) is 67.7 Å². The molecule has 0 saturated carbocycles. The second-order valence-corrected chi connectivity index (χ2v) is 11.2. The lowest BCUT2D eigenvalue weighted by Gasteiger charge is -2.11. The van der Waals surface area contributed by atoms with Gasteiger partial charge in [-0.25, -0.2) is 4.21 Å². The summed E-state index contributed by atoms with van der Waals surface area (Å²) in [5.74, 6) is -0.565. The van der Waals surface area contributed by atoms with E-state index in [9.17, 15) is 13.8 Å². The largest absolute Gasteiger partial charge is 0.459 e. The molecular weight excluding hydrogens is 516 g/mol. The van der Waals surface area contributed by atoms with Crippen LogP contribution in [-0.4, -0.2) is 51.6 Å².